The number of ether oxygens (including phenoxy) is 2. The number of aliphatic hydroxyl groups excluding tert-OH is 2. The molecule has 0 heterocycles. The summed E-state index contributed by atoms with van der Waals surface area (Å²) in [5.74, 6) is 0. The summed E-state index contributed by atoms with van der Waals surface area (Å²) in [5, 5.41) is 17.0. The molecule has 10 heavy (non-hydrogen) atoms. The zero-order valence-electron chi connectivity index (χ0n) is 6.12. The Bertz CT molecular complexity index is 66.8. The third-order valence-corrected chi connectivity index (χ3v) is 1.08. The van der Waals surface area contributed by atoms with Gasteiger partial charge in [-0.3, -0.25) is 0 Å². The van der Waals surface area contributed by atoms with Gasteiger partial charge < -0.3 is 19.7 Å². The normalized spacial score (nSPS) is 13.5. The first-order valence-corrected chi connectivity index (χ1v) is 3.17. The second-order valence-electron chi connectivity index (χ2n) is 1.89. The van der Waals surface area contributed by atoms with E-state index in [0.29, 0.717) is 6.42 Å². The van der Waals surface area contributed by atoms with Crippen molar-refractivity contribution in [2.45, 2.75) is 12.5 Å². The summed E-state index contributed by atoms with van der Waals surface area (Å²) in [6, 6.07) is 0. The van der Waals surface area contributed by atoms with Crippen molar-refractivity contribution in [1.29, 1.82) is 0 Å². The second kappa shape index (κ2) is 6.95. The molecule has 0 aliphatic heterocycles. The zero-order valence-corrected chi connectivity index (χ0v) is 6.12. The van der Waals surface area contributed by atoms with Crippen molar-refractivity contribution in [3.05, 3.63) is 0 Å². The van der Waals surface area contributed by atoms with Crippen LogP contribution in [0.25, 0.3) is 0 Å². The van der Waals surface area contributed by atoms with Crippen molar-refractivity contribution in [3.63, 3.8) is 0 Å². The van der Waals surface area contributed by atoms with E-state index in [1.165, 1.54) is 7.11 Å². The van der Waals surface area contributed by atoms with Gasteiger partial charge in [-0.2, -0.15) is 0 Å². The molecule has 4 heteroatoms. The van der Waals surface area contributed by atoms with Gasteiger partial charge >= 0.3 is 0 Å². The second-order valence-corrected chi connectivity index (χ2v) is 1.89. The molecule has 0 rings (SSSR count). The molecule has 2 N–H and O–H groups in total. The minimum Gasteiger partial charge on any atom is -0.396 e. The Hall–Kier alpha value is -0.160. The number of hydrogen-bond donors (Lipinski definition) is 2. The van der Waals surface area contributed by atoms with Gasteiger partial charge in [-0.1, -0.05) is 0 Å². The number of aliphatic hydroxyl groups is 2. The van der Waals surface area contributed by atoms with E-state index in [1.54, 1.807) is 0 Å². The third-order valence-electron chi connectivity index (χ3n) is 1.08. The fraction of sp³-hybridized carbons (Fsp3) is 1.00. The zero-order chi connectivity index (χ0) is 7.82. The smallest absolute Gasteiger partial charge is 0.146 e. The topological polar surface area (TPSA) is 58.9 Å². The SMILES string of the molecule is COCO[C@H](CO)CCO. The molecule has 0 aromatic rings. The Labute approximate surface area is 60.4 Å². The van der Waals surface area contributed by atoms with E-state index in [2.05, 4.69) is 4.74 Å². The molecule has 0 amide bonds. The van der Waals surface area contributed by atoms with Crippen LogP contribution >= 0.6 is 0 Å². The summed E-state index contributed by atoms with van der Waals surface area (Å²) in [5.41, 5.74) is 0. The maximum Gasteiger partial charge on any atom is 0.146 e. The third kappa shape index (κ3) is 4.69. The molecule has 0 aromatic heterocycles. The monoisotopic (exact) mass is 150 g/mol. The molecule has 0 bridgehead atoms. The highest BCUT2D eigenvalue weighted by Crippen LogP contribution is 1.95. The van der Waals surface area contributed by atoms with Gasteiger partial charge in [0.2, 0.25) is 0 Å². The molecule has 1 atom stereocenters. The van der Waals surface area contributed by atoms with Crippen molar-refractivity contribution >= 4 is 0 Å². The van der Waals surface area contributed by atoms with Crippen LogP contribution in [0.15, 0.2) is 0 Å². The van der Waals surface area contributed by atoms with Gasteiger partial charge in [0.25, 0.3) is 0 Å². The molecule has 4 nitrogen and oxygen atoms in total. The van der Waals surface area contributed by atoms with Crippen LogP contribution < -0.4 is 0 Å². The summed E-state index contributed by atoms with van der Waals surface area (Å²) >= 11 is 0. The Balaban J connectivity index is 3.21. The Morgan fingerprint density at radius 3 is 2.50 bits per heavy atom. The molecular formula is C6H14O4. The Morgan fingerprint density at radius 1 is 1.40 bits per heavy atom. The Morgan fingerprint density at radius 2 is 2.10 bits per heavy atom. The predicted octanol–water partition coefficient (Wildman–Crippen LogP) is -0.650. The Kier molecular flexibility index (Phi) is 6.84. The molecule has 0 fully saturated rings. The van der Waals surface area contributed by atoms with Crippen LogP contribution in [0.2, 0.25) is 0 Å². The van der Waals surface area contributed by atoms with Crippen LogP contribution in [0.4, 0.5) is 0 Å². The predicted molar refractivity (Wildman–Crippen MR) is 35.5 cm³/mol. The van der Waals surface area contributed by atoms with E-state index in [0.717, 1.165) is 0 Å². The fourth-order valence-electron chi connectivity index (χ4n) is 0.536. The highest BCUT2D eigenvalue weighted by atomic mass is 16.7. The van der Waals surface area contributed by atoms with E-state index >= 15 is 0 Å². The van der Waals surface area contributed by atoms with Crippen molar-refractivity contribution in [1.82, 2.24) is 0 Å². The average Bonchev–Trinajstić information content (AvgIpc) is 1.98. The minimum atomic E-state index is -0.301. The lowest BCUT2D eigenvalue weighted by Crippen LogP contribution is -2.20. The summed E-state index contributed by atoms with van der Waals surface area (Å²) in [4.78, 5) is 0. The molecule has 0 aliphatic carbocycles. The quantitative estimate of drug-likeness (QED) is 0.494. The van der Waals surface area contributed by atoms with Crippen molar-refractivity contribution in [2.75, 3.05) is 27.1 Å². The van der Waals surface area contributed by atoms with Gasteiger partial charge in [0.05, 0.1) is 12.7 Å². The minimum absolute atomic E-state index is 0.0228. The summed E-state index contributed by atoms with van der Waals surface area (Å²) in [7, 11) is 1.51. The van der Waals surface area contributed by atoms with E-state index in [-0.39, 0.29) is 26.1 Å². The van der Waals surface area contributed by atoms with Gasteiger partial charge in [-0.25, -0.2) is 0 Å². The summed E-state index contributed by atoms with van der Waals surface area (Å²) < 4.78 is 9.55. The van der Waals surface area contributed by atoms with Crippen LogP contribution in [0.3, 0.4) is 0 Å². The van der Waals surface area contributed by atoms with E-state index in [4.69, 9.17) is 14.9 Å². The van der Waals surface area contributed by atoms with Gasteiger partial charge in [-0.05, 0) is 6.42 Å². The molecule has 0 unspecified atom stereocenters. The van der Waals surface area contributed by atoms with Crippen molar-refractivity contribution in [3.8, 4) is 0 Å². The van der Waals surface area contributed by atoms with E-state index < -0.39 is 0 Å². The van der Waals surface area contributed by atoms with Crippen LogP contribution in [0.1, 0.15) is 6.42 Å². The first kappa shape index (κ1) is 9.84. The molecule has 0 spiro atoms. The maximum absolute atomic E-state index is 8.59. The van der Waals surface area contributed by atoms with Crippen LogP contribution in [0.5, 0.6) is 0 Å². The standard InChI is InChI=1S/C6H14O4/c1-9-5-10-6(4-8)2-3-7/h6-8H,2-5H2,1H3/t6-/m0/s1. The summed E-state index contributed by atoms with van der Waals surface area (Å²) in [6.45, 7) is 0.101. The van der Waals surface area contributed by atoms with Gasteiger partial charge in [-0.15, -0.1) is 0 Å². The van der Waals surface area contributed by atoms with E-state index in [9.17, 15) is 0 Å². The molecule has 0 aromatic carbocycles. The molecular weight excluding hydrogens is 136 g/mol. The lowest BCUT2D eigenvalue weighted by Gasteiger charge is -2.12. The fourth-order valence-corrected chi connectivity index (χ4v) is 0.536. The first-order valence-electron chi connectivity index (χ1n) is 3.17. The van der Waals surface area contributed by atoms with Crippen LogP contribution in [0, 0.1) is 0 Å². The molecule has 0 radical (unpaired) electrons. The molecule has 0 saturated heterocycles. The largest absolute Gasteiger partial charge is 0.396 e. The van der Waals surface area contributed by atoms with Gasteiger partial charge in [0.15, 0.2) is 0 Å². The lowest BCUT2D eigenvalue weighted by molar-refractivity contribution is -0.0925. The lowest BCUT2D eigenvalue weighted by atomic mass is 10.3. The highest BCUT2D eigenvalue weighted by Gasteiger charge is 2.04. The molecule has 0 saturated carbocycles. The highest BCUT2D eigenvalue weighted by molar-refractivity contribution is 4.52. The number of hydrogen-bond acceptors (Lipinski definition) is 4. The van der Waals surface area contributed by atoms with Crippen molar-refractivity contribution in [2.24, 2.45) is 0 Å². The maximum atomic E-state index is 8.59. The van der Waals surface area contributed by atoms with Crippen LogP contribution in [-0.4, -0.2) is 43.4 Å². The van der Waals surface area contributed by atoms with Crippen molar-refractivity contribution < 1.29 is 19.7 Å². The molecule has 0 aliphatic rings. The van der Waals surface area contributed by atoms with Gasteiger partial charge in [0, 0.05) is 13.7 Å². The van der Waals surface area contributed by atoms with E-state index in [1.807, 2.05) is 0 Å². The van der Waals surface area contributed by atoms with Gasteiger partial charge in [0.1, 0.15) is 6.79 Å². The number of rotatable bonds is 6. The van der Waals surface area contributed by atoms with Crippen LogP contribution in [-0.2, 0) is 9.47 Å². The number of methoxy groups -OCH3 is 1. The first-order chi connectivity index (χ1) is 4.85. The summed E-state index contributed by atoms with van der Waals surface area (Å²) in [6.07, 6.45) is 0.143. The average molecular weight is 150 g/mol. The molecule has 62 valence electrons.